The number of carbonyl (C=O) groups is 1. The van der Waals surface area contributed by atoms with Gasteiger partial charge in [-0.15, -0.1) is 0 Å². The van der Waals surface area contributed by atoms with Gasteiger partial charge in [0.1, 0.15) is 11.3 Å². The highest BCUT2D eigenvalue weighted by Gasteiger charge is 2.39. The molecule has 1 aliphatic rings. The number of aliphatic carboxylic acids is 1. The molecule has 2 rings (SSSR count). The van der Waals surface area contributed by atoms with E-state index in [0.29, 0.717) is 18.1 Å². The summed E-state index contributed by atoms with van der Waals surface area (Å²) in [4.78, 5) is 11.5. The Labute approximate surface area is 107 Å². The summed E-state index contributed by atoms with van der Waals surface area (Å²) in [7, 11) is 1.58. The van der Waals surface area contributed by atoms with Crippen molar-refractivity contribution >= 4 is 11.7 Å². The van der Waals surface area contributed by atoms with Gasteiger partial charge < -0.3 is 15.2 Å². The van der Waals surface area contributed by atoms with E-state index in [1.807, 2.05) is 24.3 Å². The number of para-hydroxylation sites is 2. The summed E-state index contributed by atoms with van der Waals surface area (Å²) in [5.74, 6) is 0.384. The summed E-state index contributed by atoms with van der Waals surface area (Å²) in [6, 6.07) is 7.39. The molecule has 0 aromatic heterocycles. The van der Waals surface area contributed by atoms with Crippen LogP contribution in [0.1, 0.15) is 26.2 Å². The van der Waals surface area contributed by atoms with Gasteiger partial charge in [-0.1, -0.05) is 25.0 Å². The first-order chi connectivity index (χ1) is 8.55. The number of hydrogen-bond donors (Lipinski definition) is 2. The van der Waals surface area contributed by atoms with Crippen LogP contribution in [0.2, 0.25) is 0 Å². The molecule has 1 fully saturated rings. The van der Waals surface area contributed by atoms with E-state index in [1.54, 1.807) is 14.0 Å². The van der Waals surface area contributed by atoms with Crippen LogP contribution in [0.4, 0.5) is 5.69 Å². The molecule has 0 heterocycles. The quantitative estimate of drug-likeness (QED) is 0.814. The third-order valence-electron chi connectivity index (χ3n) is 3.38. The molecule has 1 atom stereocenters. The molecule has 0 radical (unpaired) electrons. The molecule has 0 aliphatic heterocycles. The first-order valence-corrected chi connectivity index (χ1v) is 6.20. The summed E-state index contributed by atoms with van der Waals surface area (Å²) < 4.78 is 5.24. The van der Waals surface area contributed by atoms with Gasteiger partial charge in [-0.05, 0) is 31.4 Å². The second kappa shape index (κ2) is 4.88. The minimum atomic E-state index is -0.935. The normalized spacial score (nSPS) is 17.9. The molecule has 1 saturated carbocycles. The van der Waals surface area contributed by atoms with Crippen LogP contribution >= 0.6 is 0 Å². The number of hydrogen-bond acceptors (Lipinski definition) is 3. The SMILES string of the molecule is COc1ccccc1NC(C)(CC1CC1)C(=O)O. The van der Waals surface area contributed by atoms with Crippen LogP contribution < -0.4 is 10.1 Å². The summed E-state index contributed by atoms with van der Waals surface area (Å²) in [5, 5.41) is 12.6. The molecule has 0 saturated heterocycles. The van der Waals surface area contributed by atoms with Gasteiger partial charge >= 0.3 is 5.97 Å². The molecule has 0 spiro atoms. The van der Waals surface area contributed by atoms with Gasteiger partial charge in [0.15, 0.2) is 0 Å². The van der Waals surface area contributed by atoms with Crippen molar-refractivity contribution in [3.05, 3.63) is 24.3 Å². The molecule has 1 unspecified atom stereocenters. The number of nitrogens with one attached hydrogen (secondary N) is 1. The number of benzene rings is 1. The van der Waals surface area contributed by atoms with E-state index < -0.39 is 11.5 Å². The van der Waals surface area contributed by atoms with E-state index in [4.69, 9.17) is 4.74 Å². The second-order valence-corrected chi connectivity index (χ2v) is 5.11. The number of rotatable bonds is 6. The number of carboxylic acid groups (broad SMARTS) is 1. The molecule has 1 aliphatic carbocycles. The van der Waals surface area contributed by atoms with Gasteiger partial charge in [0.25, 0.3) is 0 Å². The summed E-state index contributed by atoms with van der Waals surface area (Å²) in [6.07, 6.45) is 2.92. The Balaban J connectivity index is 2.19. The maximum absolute atomic E-state index is 11.5. The Morgan fingerprint density at radius 3 is 2.72 bits per heavy atom. The number of carboxylic acids is 1. The van der Waals surface area contributed by atoms with E-state index in [-0.39, 0.29) is 0 Å². The first-order valence-electron chi connectivity index (χ1n) is 6.20. The van der Waals surface area contributed by atoms with Crippen molar-refractivity contribution < 1.29 is 14.6 Å². The van der Waals surface area contributed by atoms with E-state index in [1.165, 1.54) is 0 Å². The van der Waals surface area contributed by atoms with Crippen LogP contribution in [-0.4, -0.2) is 23.7 Å². The lowest BCUT2D eigenvalue weighted by Gasteiger charge is -2.28. The molecule has 0 bridgehead atoms. The lowest BCUT2D eigenvalue weighted by Crippen LogP contribution is -2.43. The minimum Gasteiger partial charge on any atom is -0.495 e. The van der Waals surface area contributed by atoms with Crippen molar-refractivity contribution in [1.29, 1.82) is 0 Å². The van der Waals surface area contributed by atoms with Gasteiger partial charge in [0, 0.05) is 0 Å². The zero-order chi connectivity index (χ0) is 13.2. The van der Waals surface area contributed by atoms with Crippen LogP contribution in [-0.2, 0) is 4.79 Å². The Hall–Kier alpha value is -1.71. The molecule has 1 aromatic carbocycles. The largest absolute Gasteiger partial charge is 0.495 e. The van der Waals surface area contributed by atoms with Gasteiger partial charge in [-0.3, -0.25) is 0 Å². The smallest absolute Gasteiger partial charge is 0.329 e. The summed E-state index contributed by atoms with van der Waals surface area (Å²) in [5.41, 5.74) is -0.207. The van der Waals surface area contributed by atoms with E-state index in [9.17, 15) is 9.90 Å². The predicted molar refractivity (Wildman–Crippen MR) is 70.0 cm³/mol. The van der Waals surface area contributed by atoms with Gasteiger partial charge in [0.05, 0.1) is 12.8 Å². The lowest BCUT2D eigenvalue weighted by atomic mass is 9.94. The Morgan fingerprint density at radius 1 is 1.50 bits per heavy atom. The fraction of sp³-hybridized carbons (Fsp3) is 0.500. The molecule has 98 valence electrons. The van der Waals surface area contributed by atoms with Crippen LogP contribution in [0.25, 0.3) is 0 Å². The Bertz CT molecular complexity index is 442. The molecule has 2 N–H and O–H groups in total. The van der Waals surface area contributed by atoms with Gasteiger partial charge in [0.2, 0.25) is 0 Å². The van der Waals surface area contributed by atoms with Crippen molar-refractivity contribution in [2.75, 3.05) is 12.4 Å². The number of ether oxygens (including phenoxy) is 1. The zero-order valence-corrected chi connectivity index (χ0v) is 10.8. The van der Waals surface area contributed by atoms with E-state index in [0.717, 1.165) is 18.5 Å². The standard InChI is InChI=1S/C14H19NO3/c1-14(13(16)17,9-10-7-8-10)15-11-5-3-4-6-12(11)18-2/h3-6,10,15H,7-9H2,1-2H3,(H,16,17). The molecule has 1 aromatic rings. The highest BCUT2D eigenvalue weighted by Crippen LogP contribution is 2.39. The summed E-state index contributed by atoms with van der Waals surface area (Å²) >= 11 is 0. The zero-order valence-electron chi connectivity index (χ0n) is 10.8. The van der Waals surface area contributed by atoms with Crippen molar-refractivity contribution in [1.82, 2.24) is 0 Å². The average molecular weight is 249 g/mol. The lowest BCUT2D eigenvalue weighted by molar-refractivity contribution is -0.142. The fourth-order valence-corrected chi connectivity index (χ4v) is 2.14. The molecular weight excluding hydrogens is 230 g/mol. The van der Waals surface area contributed by atoms with Gasteiger partial charge in [-0.2, -0.15) is 0 Å². The molecular formula is C14H19NO3. The predicted octanol–water partition coefficient (Wildman–Crippen LogP) is 2.75. The topological polar surface area (TPSA) is 58.6 Å². The summed E-state index contributed by atoms with van der Waals surface area (Å²) in [6.45, 7) is 1.74. The average Bonchev–Trinajstić information content (AvgIpc) is 3.13. The maximum atomic E-state index is 11.5. The van der Waals surface area contributed by atoms with Crippen LogP contribution in [0, 0.1) is 5.92 Å². The molecule has 4 heteroatoms. The van der Waals surface area contributed by atoms with Crippen molar-refractivity contribution in [3.63, 3.8) is 0 Å². The third-order valence-corrected chi connectivity index (χ3v) is 3.38. The third kappa shape index (κ3) is 2.75. The maximum Gasteiger partial charge on any atom is 0.329 e. The Kier molecular flexibility index (Phi) is 3.45. The molecule has 4 nitrogen and oxygen atoms in total. The number of methoxy groups -OCH3 is 1. The minimum absolute atomic E-state index is 0.535. The highest BCUT2D eigenvalue weighted by molar-refractivity contribution is 5.83. The Morgan fingerprint density at radius 2 is 2.17 bits per heavy atom. The van der Waals surface area contributed by atoms with E-state index in [2.05, 4.69) is 5.32 Å². The fourth-order valence-electron chi connectivity index (χ4n) is 2.14. The van der Waals surface area contributed by atoms with Crippen LogP contribution in [0.15, 0.2) is 24.3 Å². The molecule has 0 amide bonds. The number of anilines is 1. The van der Waals surface area contributed by atoms with E-state index >= 15 is 0 Å². The monoisotopic (exact) mass is 249 g/mol. The molecule has 18 heavy (non-hydrogen) atoms. The van der Waals surface area contributed by atoms with Crippen molar-refractivity contribution in [3.8, 4) is 5.75 Å². The second-order valence-electron chi connectivity index (χ2n) is 5.11. The van der Waals surface area contributed by atoms with Crippen LogP contribution in [0.5, 0.6) is 5.75 Å². The van der Waals surface area contributed by atoms with Gasteiger partial charge in [-0.25, -0.2) is 4.79 Å². The van der Waals surface area contributed by atoms with Crippen molar-refractivity contribution in [2.45, 2.75) is 31.7 Å². The first kappa shape index (κ1) is 12.7. The van der Waals surface area contributed by atoms with Crippen LogP contribution in [0.3, 0.4) is 0 Å². The highest BCUT2D eigenvalue weighted by atomic mass is 16.5. The van der Waals surface area contributed by atoms with Crippen molar-refractivity contribution in [2.24, 2.45) is 5.92 Å².